The highest BCUT2D eigenvalue weighted by atomic mass is 19.4. The van der Waals surface area contributed by atoms with E-state index in [4.69, 9.17) is 4.74 Å². The number of carbonyl (C=O) groups is 2. The van der Waals surface area contributed by atoms with Crippen molar-refractivity contribution in [3.05, 3.63) is 35.9 Å². The average molecular weight is 328 g/mol. The highest BCUT2D eigenvalue weighted by Crippen LogP contribution is 2.31. The molecular weight excluding hydrogens is 313 g/mol. The second-order valence-electron chi connectivity index (χ2n) is 5.62. The molecule has 124 valence electrons. The van der Waals surface area contributed by atoms with Gasteiger partial charge in [-0.1, -0.05) is 30.3 Å². The van der Waals surface area contributed by atoms with Gasteiger partial charge in [-0.3, -0.25) is 9.59 Å². The predicted octanol–water partition coefficient (Wildman–Crippen LogP) is 1.41. The van der Waals surface area contributed by atoms with E-state index >= 15 is 0 Å². The lowest BCUT2D eigenvalue weighted by Crippen LogP contribution is -2.56. The summed E-state index contributed by atoms with van der Waals surface area (Å²) in [4.78, 5) is 25.8. The van der Waals surface area contributed by atoms with E-state index in [1.807, 2.05) is 0 Å². The number of amides is 2. The van der Waals surface area contributed by atoms with Gasteiger partial charge in [0.25, 0.3) is 0 Å². The summed E-state index contributed by atoms with van der Waals surface area (Å²) in [6.07, 6.45) is -6.64. The van der Waals surface area contributed by atoms with Gasteiger partial charge in [0.15, 0.2) is 6.10 Å². The second-order valence-corrected chi connectivity index (χ2v) is 5.62. The van der Waals surface area contributed by atoms with Gasteiger partial charge in [-0.2, -0.15) is 13.2 Å². The second kappa shape index (κ2) is 5.84. The molecule has 2 amide bonds. The number of nitrogens with one attached hydrogen (secondary N) is 1. The molecule has 2 aliphatic rings. The molecule has 2 fully saturated rings. The van der Waals surface area contributed by atoms with E-state index in [-0.39, 0.29) is 18.9 Å². The molecule has 0 radical (unpaired) electrons. The van der Waals surface area contributed by atoms with Gasteiger partial charge in [0.05, 0.1) is 19.2 Å². The molecule has 2 aliphatic heterocycles. The molecule has 1 N–H and O–H groups in total. The zero-order valence-corrected chi connectivity index (χ0v) is 12.0. The molecular formula is C15H15F3N2O3. The molecule has 23 heavy (non-hydrogen) atoms. The summed E-state index contributed by atoms with van der Waals surface area (Å²) in [6.45, 7) is -0.893. The van der Waals surface area contributed by atoms with Crippen molar-refractivity contribution in [1.82, 2.24) is 10.2 Å². The third-order valence-corrected chi connectivity index (χ3v) is 4.05. The molecule has 5 nitrogen and oxygen atoms in total. The van der Waals surface area contributed by atoms with Crippen LogP contribution in [0.15, 0.2) is 30.3 Å². The average Bonchev–Trinajstić information content (AvgIpc) is 2.64. The van der Waals surface area contributed by atoms with Crippen LogP contribution in [-0.4, -0.2) is 48.2 Å². The number of halogens is 3. The Hall–Kier alpha value is -2.09. The van der Waals surface area contributed by atoms with Crippen molar-refractivity contribution in [2.24, 2.45) is 0 Å². The number of morpholine rings is 1. The van der Waals surface area contributed by atoms with Crippen molar-refractivity contribution in [2.45, 2.75) is 30.8 Å². The van der Waals surface area contributed by atoms with E-state index < -0.39 is 36.8 Å². The maximum atomic E-state index is 12.9. The van der Waals surface area contributed by atoms with Crippen molar-refractivity contribution < 1.29 is 27.5 Å². The summed E-state index contributed by atoms with van der Waals surface area (Å²) in [7, 11) is 0. The van der Waals surface area contributed by atoms with Crippen molar-refractivity contribution in [2.75, 3.05) is 13.2 Å². The molecule has 1 aromatic carbocycles. The summed E-state index contributed by atoms with van der Waals surface area (Å²) in [6, 6.07) is 6.83. The number of hydrogen-bond acceptors (Lipinski definition) is 3. The van der Waals surface area contributed by atoms with Crippen LogP contribution in [0, 0.1) is 0 Å². The Kier molecular flexibility index (Phi) is 4.01. The van der Waals surface area contributed by atoms with Crippen molar-refractivity contribution in [1.29, 1.82) is 0 Å². The van der Waals surface area contributed by atoms with Crippen LogP contribution in [-0.2, 0) is 14.3 Å². The number of hydrogen-bond donors (Lipinski definition) is 1. The van der Waals surface area contributed by atoms with Crippen molar-refractivity contribution >= 4 is 11.8 Å². The zero-order chi connectivity index (χ0) is 16.6. The summed E-state index contributed by atoms with van der Waals surface area (Å²) >= 11 is 0. The van der Waals surface area contributed by atoms with E-state index in [0.29, 0.717) is 5.56 Å². The lowest BCUT2D eigenvalue weighted by Gasteiger charge is -2.39. The van der Waals surface area contributed by atoms with Crippen molar-refractivity contribution in [3.63, 3.8) is 0 Å². The fourth-order valence-electron chi connectivity index (χ4n) is 2.87. The summed E-state index contributed by atoms with van der Waals surface area (Å²) < 4.78 is 43.4. The Morgan fingerprint density at radius 2 is 1.87 bits per heavy atom. The number of fused-ring (bicyclic) bond motifs is 1. The normalized spacial score (nSPS) is 28.8. The molecule has 0 aliphatic carbocycles. The Balaban J connectivity index is 1.89. The molecule has 0 saturated carbocycles. The maximum absolute atomic E-state index is 12.9. The molecule has 3 rings (SSSR count). The standard InChI is InChI=1S/C15H15F3N2O3/c16-15(17,18)11-7-20-10(8-23-11)6-12(21)19-13(14(20)22)9-4-2-1-3-5-9/h1-5,10-11,13H,6-8H2,(H,19,21)/t10-,11-,13+/m0/s1. The summed E-state index contributed by atoms with van der Waals surface area (Å²) in [5.41, 5.74) is 0.543. The first kappa shape index (κ1) is 15.8. The largest absolute Gasteiger partial charge is 0.416 e. The monoisotopic (exact) mass is 328 g/mol. The lowest BCUT2D eigenvalue weighted by atomic mass is 10.0. The Morgan fingerprint density at radius 1 is 1.17 bits per heavy atom. The van der Waals surface area contributed by atoms with Crippen LogP contribution in [0.5, 0.6) is 0 Å². The van der Waals surface area contributed by atoms with Crippen molar-refractivity contribution in [3.8, 4) is 0 Å². The Bertz CT molecular complexity index is 606. The first-order valence-corrected chi connectivity index (χ1v) is 7.19. The number of alkyl halides is 3. The van der Waals surface area contributed by atoms with Gasteiger partial charge < -0.3 is 15.0 Å². The van der Waals surface area contributed by atoms with Crippen LogP contribution in [0.25, 0.3) is 0 Å². The third kappa shape index (κ3) is 3.17. The number of benzene rings is 1. The van der Waals surface area contributed by atoms with E-state index in [1.54, 1.807) is 30.3 Å². The topological polar surface area (TPSA) is 58.6 Å². The maximum Gasteiger partial charge on any atom is 0.416 e. The molecule has 0 spiro atoms. The zero-order valence-electron chi connectivity index (χ0n) is 12.0. The molecule has 3 atom stereocenters. The smallest absolute Gasteiger partial charge is 0.365 e. The Morgan fingerprint density at radius 3 is 2.52 bits per heavy atom. The minimum absolute atomic E-state index is 0.0698. The number of carbonyl (C=O) groups excluding carboxylic acids is 2. The van der Waals surface area contributed by atoms with Gasteiger partial charge in [-0.15, -0.1) is 0 Å². The lowest BCUT2D eigenvalue weighted by molar-refractivity contribution is -0.243. The van der Waals surface area contributed by atoms with E-state index in [0.717, 1.165) is 4.90 Å². The van der Waals surface area contributed by atoms with Crippen LogP contribution in [0.1, 0.15) is 18.0 Å². The summed E-state index contributed by atoms with van der Waals surface area (Å²) in [5, 5.41) is 2.59. The first-order valence-electron chi connectivity index (χ1n) is 7.19. The first-order chi connectivity index (χ1) is 10.9. The molecule has 0 aromatic heterocycles. The fraction of sp³-hybridized carbons (Fsp3) is 0.467. The van der Waals surface area contributed by atoms with E-state index in [2.05, 4.69) is 5.32 Å². The predicted molar refractivity (Wildman–Crippen MR) is 73.2 cm³/mol. The number of rotatable bonds is 1. The summed E-state index contributed by atoms with van der Waals surface area (Å²) in [5.74, 6) is -0.918. The third-order valence-electron chi connectivity index (χ3n) is 4.05. The van der Waals surface area contributed by atoms with Crippen LogP contribution in [0.4, 0.5) is 13.2 Å². The molecule has 8 heteroatoms. The SMILES string of the molecule is O=C1C[C@H]2CO[C@H](C(F)(F)F)CN2C(=O)[C@@H](c2ccccc2)N1. The molecule has 1 aromatic rings. The van der Waals surface area contributed by atoms with Gasteiger partial charge in [-0.25, -0.2) is 0 Å². The highest BCUT2D eigenvalue weighted by molar-refractivity contribution is 5.91. The van der Waals surface area contributed by atoms with Crippen LogP contribution < -0.4 is 5.32 Å². The fourth-order valence-corrected chi connectivity index (χ4v) is 2.87. The number of ether oxygens (including phenoxy) is 1. The van der Waals surface area contributed by atoms with E-state index in [1.165, 1.54) is 0 Å². The van der Waals surface area contributed by atoms with Gasteiger partial charge in [0, 0.05) is 6.42 Å². The van der Waals surface area contributed by atoms with Crippen LogP contribution >= 0.6 is 0 Å². The quantitative estimate of drug-likeness (QED) is 0.848. The number of nitrogens with zero attached hydrogens (tertiary/aromatic N) is 1. The van der Waals surface area contributed by atoms with Crippen LogP contribution in [0.2, 0.25) is 0 Å². The van der Waals surface area contributed by atoms with Gasteiger partial charge in [-0.05, 0) is 5.56 Å². The minimum atomic E-state index is -4.54. The van der Waals surface area contributed by atoms with Gasteiger partial charge in [0.1, 0.15) is 6.04 Å². The van der Waals surface area contributed by atoms with Crippen LogP contribution in [0.3, 0.4) is 0 Å². The molecule has 2 heterocycles. The minimum Gasteiger partial charge on any atom is -0.365 e. The molecule has 0 bridgehead atoms. The van der Waals surface area contributed by atoms with E-state index in [9.17, 15) is 22.8 Å². The Labute approximate surface area is 130 Å². The highest BCUT2D eigenvalue weighted by Gasteiger charge is 2.49. The van der Waals surface area contributed by atoms with Gasteiger partial charge >= 0.3 is 6.18 Å². The molecule has 2 saturated heterocycles. The molecule has 0 unspecified atom stereocenters. The van der Waals surface area contributed by atoms with Gasteiger partial charge in [0.2, 0.25) is 11.8 Å².